The molecule has 4 fully saturated rings. The highest BCUT2D eigenvalue weighted by atomic mass is 16.5. The molecule has 0 unspecified atom stereocenters. The highest BCUT2D eigenvalue weighted by Gasteiger charge is 2.48. The largest absolute Gasteiger partial charge is 0.379 e. The molecule has 4 rings (SSSR count). The van der Waals surface area contributed by atoms with Gasteiger partial charge in [-0.2, -0.15) is 0 Å². The molecule has 0 aromatic rings. The molecule has 7 nitrogen and oxygen atoms in total. The zero-order valence-electron chi connectivity index (χ0n) is 17.5. The van der Waals surface area contributed by atoms with Gasteiger partial charge in [0.15, 0.2) is 0 Å². The molecular formula is C22H35N3O4. The lowest BCUT2D eigenvalue weighted by Gasteiger charge is -2.48. The van der Waals surface area contributed by atoms with Gasteiger partial charge in [0.05, 0.1) is 25.0 Å². The predicted octanol–water partition coefficient (Wildman–Crippen LogP) is 1.70. The van der Waals surface area contributed by atoms with Gasteiger partial charge in [-0.25, -0.2) is 0 Å². The normalized spacial score (nSPS) is 30.3. The second kappa shape index (κ2) is 9.13. The molecule has 3 amide bonds. The summed E-state index contributed by atoms with van der Waals surface area (Å²) in [6.45, 7) is 4.25. The summed E-state index contributed by atoms with van der Waals surface area (Å²) >= 11 is 0. The summed E-state index contributed by atoms with van der Waals surface area (Å²) in [6, 6.07) is 0. The number of likely N-dealkylation sites (tertiary alicyclic amines) is 1. The number of rotatable bonds is 6. The van der Waals surface area contributed by atoms with E-state index in [-0.39, 0.29) is 48.1 Å². The maximum atomic E-state index is 12.6. The summed E-state index contributed by atoms with van der Waals surface area (Å²) < 4.78 is 5.52. The van der Waals surface area contributed by atoms with Gasteiger partial charge in [-0.15, -0.1) is 0 Å². The van der Waals surface area contributed by atoms with Crippen molar-refractivity contribution in [3.05, 3.63) is 0 Å². The average Bonchev–Trinajstić information content (AvgIpc) is 3.02. The Balaban J connectivity index is 1.29. The van der Waals surface area contributed by atoms with Crippen LogP contribution in [0.25, 0.3) is 0 Å². The predicted molar refractivity (Wildman–Crippen MR) is 108 cm³/mol. The van der Waals surface area contributed by atoms with Gasteiger partial charge in [0.2, 0.25) is 17.7 Å². The van der Waals surface area contributed by atoms with Crippen LogP contribution in [0.1, 0.15) is 64.2 Å². The third kappa shape index (κ3) is 4.36. The van der Waals surface area contributed by atoms with Crippen LogP contribution in [-0.2, 0) is 19.1 Å². The maximum absolute atomic E-state index is 12.6. The quantitative estimate of drug-likeness (QED) is 0.681. The summed E-state index contributed by atoms with van der Waals surface area (Å²) in [4.78, 5) is 41.6. The van der Waals surface area contributed by atoms with Crippen molar-refractivity contribution in [2.45, 2.75) is 69.7 Å². The van der Waals surface area contributed by atoms with Crippen LogP contribution in [0.15, 0.2) is 0 Å². The van der Waals surface area contributed by atoms with Crippen LogP contribution in [0.3, 0.4) is 0 Å². The van der Waals surface area contributed by atoms with Gasteiger partial charge in [0.1, 0.15) is 0 Å². The molecule has 2 atom stereocenters. The van der Waals surface area contributed by atoms with E-state index in [4.69, 9.17) is 4.74 Å². The van der Waals surface area contributed by atoms with Gasteiger partial charge in [-0.1, -0.05) is 32.1 Å². The Kier molecular flexibility index (Phi) is 6.54. The van der Waals surface area contributed by atoms with Crippen molar-refractivity contribution in [3.63, 3.8) is 0 Å². The first kappa shape index (κ1) is 20.8. The molecule has 0 radical (unpaired) electrons. The van der Waals surface area contributed by atoms with E-state index >= 15 is 0 Å². The Labute approximate surface area is 173 Å². The minimum atomic E-state index is -0.133. The minimum Gasteiger partial charge on any atom is -0.379 e. The third-order valence-electron chi connectivity index (χ3n) is 7.58. The fraction of sp³-hybridized carbons (Fsp3) is 0.864. The Hall–Kier alpha value is -1.47. The van der Waals surface area contributed by atoms with Crippen molar-refractivity contribution in [3.8, 4) is 0 Å². The smallest absolute Gasteiger partial charge is 0.233 e. The number of amides is 3. The molecular weight excluding hydrogens is 370 g/mol. The summed E-state index contributed by atoms with van der Waals surface area (Å²) in [7, 11) is 0. The van der Waals surface area contributed by atoms with Gasteiger partial charge in [-0.3, -0.25) is 24.2 Å². The summed E-state index contributed by atoms with van der Waals surface area (Å²) in [6.07, 6.45) is 9.78. The van der Waals surface area contributed by atoms with E-state index in [1.165, 1.54) is 24.2 Å². The number of nitrogens with one attached hydrogen (secondary N) is 1. The Morgan fingerprint density at radius 3 is 2.21 bits per heavy atom. The summed E-state index contributed by atoms with van der Waals surface area (Å²) in [5, 5.41) is 3.14. The molecule has 7 heteroatoms. The number of fused-ring (bicyclic) bond motifs is 1. The van der Waals surface area contributed by atoms with E-state index < -0.39 is 0 Å². The number of hydrogen-bond acceptors (Lipinski definition) is 5. The van der Waals surface area contributed by atoms with Crippen molar-refractivity contribution in [1.82, 2.24) is 15.1 Å². The Bertz CT molecular complexity index is 602. The van der Waals surface area contributed by atoms with Gasteiger partial charge >= 0.3 is 0 Å². The second-order valence-electron chi connectivity index (χ2n) is 9.24. The maximum Gasteiger partial charge on any atom is 0.233 e. The Morgan fingerprint density at radius 1 is 0.966 bits per heavy atom. The molecule has 0 aromatic heterocycles. The molecule has 29 heavy (non-hydrogen) atoms. The van der Waals surface area contributed by atoms with E-state index in [0.717, 1.165) is 64.8 Å². The van der Waals surface area contributed by atoms with Crippen molar-refractivity contribution < 1.29 is 19.1 Å². The number of imide groups is 1. The van der Waals surface area contributed by atoms with Crippen molar-refractivity contribution in [1.29, 1.82) is 0 Å². The first-order valence-corrected chi connectivity index (χ1v) is 11.6. The number of hydrogen-bond donors (Lipinski definition) is 1. The first-order valence-electron chi connectivity index (χ1n) is 11.6. The lowest BCUT2D eigenvalue weighted by molar-refractivity contribution is -0.140. The monoisotopic (exact) mass is 405 g/mol. The third-order valence-corrected chi connectivity index (χ3v) is 7.58. The molecule has 0 bridgehead atoms. The van der Waals surface area contributed by atoms with Crippen LogP contribution in [0.4, 0.5) is 0 Å². The number of carbonyl (C=O) groups excluding carboxylic acids is 3. The zero-order chi connectivity index (χ0) is 20.3. The highest BCUT2D eigenvalue weighted by Crippen LogP contribution is 2.38. The van der Waals surface area contributed by atoms with Crippen molar-refractivity contribution in [2.24, 2.45) is 11.8 Å². The second-order valence-corrected chi connectivity index (χ2v) is 9.24. The van der Waals surface area contributed by atoms with Crippen LogP contribution in [0, 0.1) is 11.8 Å². The molecule has 2 aliphatic carbocycles. The van der Waals surface area contributed by atoms with Crippen LogP contribution < -0.4 is 5.32 Å². The van der Waals surface area contributed by atoms with Gasteiger partial charge in [0, 0.05) is 38.1 Å². The molecule has 2 saturated carbocycles. The number of nitrogens with zero attached hydrogens (tertiary/aromatic N) is 2. The average molecular weight is 406 g/mol. The number of ether oxygens (including phenoxy) is 1. The van der Waals surface area contributed by atoms with Gasteiger partial charge < -0.3 is 10.1 Å². The zero-order valence-corrected chi connectivity index (χ0v) is 17.5. The molecule has 2 aliphatic heterocycles. The van der Waals surface area contributed by atoms with E-state index in [1.807, 2.05) is 0 Å². The molecule has 4 aliphatic rings. The Morgan fingerprint density at radius 2 is 1.59 bits per heavy atom. The van der Waals surface area contributed by atoms with E-state index in [2.05, 4.69) is 10.2 Å². The fourth-order valence-corrected chi connectivity index (χ4v) is 5.87. The first-order chi connectivity index (χ1) is 14.1. The van der Waals surface area contributed by atoms with Crippen LogP contribution in [0.2, 0.25) is 0 Å². The van der Waals surface area contributed by atoms with Crippen LogP contribution >= 0.6 is 0 Å². The van der Waals surface area contributed by atoms with E-state index in [1.54, 1.807) is 0 Å². The minimum absolute atomic E-state index is 0.0336. The topological polar surface area (TPSA) is 79.0 Å². The van der Waals surface area contributed by atoms with E-state index in [0.29, 0.717) is 6.54 Å². The molecule has 2 heterocycles. The SMILES string of the molecule is O=C(CCN1C(=O)[C@H]2CCCC[C@@H]2C1=O)NCC1(N2CCOCC2)CCCCC1. The molecule has 0 aromatic carbocycles. The molecule has 2 saturated heterocycles. The lowest BCUT2D eigenvalue weighted by Crippen LogP contribution is -2.59. The van der Waals surface area contributed by atoms with Crippen molar-refractivity contribution in [2.75, 3.05) is 39.4 Å². The van der Waals surface area contributed by atoms with Crippen molar-refractivity contribution >= 4 is 17.7 Å². The lowest BCUT2D eigenvalue weighted by atomic mass is 9.79. The van der Waals surface area contributed by atoms with Crippen LogP contribution in [-0.4, -0.2) is 72.5 Å². The standard InChI is InChI=1S/C22H35N3O4/c26-19(8-11-25-20(27)17-6-2-3-7-18(17)21(25)28)23-16-22(9-4-1-5-10-22)24-12-14-29-15-13-24/h17-18H,1-16H2,(H,23,26)/t17-,18-/m0/s1. The highest BCUT2D eigenvalue weighted by molar-refractivity contribution is 6.05. The van der Waals surface area contributed by atoms with E-state index in [9.17, 15) is 14.4 Å². The van der Waals surface area contributed by atoms with Gasteiger partial charge in [-0.05, 0) is 25.7 Å². The number of carbonyl (C=O) groups is 3. The molecule has 162 valence electrons. The van der Waals surface area contributed by atoms with Crippen LogP contribution in [0.5, 0.6) is 0 Å². The molecule has 1 N–H and O–H groups in total. The molecule has 0 spiro atoms. The fourth-order valence-electron chi connectivity index (χ4n) is 5.87. The number of morpholine rings is 1. The summed E-state index contributed by atoms with van der Waals surface area (Å²) in [5.74, 6) is -0.426. The summed E-state index contributed by atoms with van der Waals surface area (Å²) in [5.41, 5.74) is 0.0336. The van der Waals surface area contributed by atoms with Gasteiger partial charge in [0.25, 0.3) is 0 Å².